The lowest BCUT2D eigenvalue weighted by Crippen LogP contribution is -2.49. The molecule has 10 heteroatoms. The van der Waals surface area contributed by atoms with E-state index in [0.29, 0.717) is 37.2 Å². The Balaban J connectivity index is 1.59. The summed E-state index contributed by atoms with van der Waals surface area (Å²) in [5, 5.41) is 18.4. The number of thioether (sulfide) groups is 1. The van der Waals surface area contributed by atoms with Gasteiger partial charge in [0.2, 0.25) is 10.0 Å². The topological polar surface area (TPSA) is 104 Å². The Bertz CT molecular complexity index is 1430. The molecule has 1 amide bonds. The van der Waals surface area contributed by atoms with Crippen LogP contribution in [0, 0.1) is 0 Å². The van der Waals surface area contributed by atoms with Crippen molar-refractivity contribution in [3.63, 3.8) is 0 Å². The van der Waals surface area contributed by atoms with E-state index < -0.39 is 22.2 Å². The highest BCUT2D eigenvalue weighted by atomic mass is 32.2. The molecule has 8 nitrogen and oxygen atoms in total. The lowest BCUT2D eigenvalue weighted by Gasteiger charge is -2.26. The van der Waals surface area contributed by atoms with Crippen LogP contribution in [0.1, 0.15) is 49.2 Å². The van der Waals surface area contributed by atoms with Crippen LogP contribution in [0.5, 0.6) is 0 Å². The molecule has 218 valence electrons. The monoisotopic (exact) mass is 586 g/mol. The van der Waals surface area contributed by atoms with Gasteiger partial charge in [-0.05, 0) is 43.0 Å². The van der Waals surface area contributed by atoms with Gasteiger partial charge in [-0.2, -0.15) is 11.8 Å². The zero-order valence-electron chi connectivity index (χ0n) is 24.1. The fourth-order valence-corrected chi connectivity index (χ4v) is 7.12. The van der Waals surface area contributed by atoms with E-state index in [2.05, 4.69) is 36.0 Å². The van der Waals surface area contributed by atoms with E-state index >= 15 is 0 Å². The maximum atomic E-state index is 13.7. The maximum absolute atomic E-state index is 13.7. The lowest BCUT2D eigenvalue weighted by molar-refractivity contribution is 0.0832. The maximum Gasteiger partial charge on any atom is 0.251 e. The van der Waals surface area contributed by atoms with E-state index in [-0.39, 0.29) is 16.4 Å². The van der Waals surface area contributed by atoms with Crippen molar-refractivity contribution in [2.24, 2.45) is 0 Å². The van der Waals surface area contributed by atoms with Gasteiger partial charge in [0.25, 0.3) is 5.91 Å². The van der Waals surface area contributed by atoms with Crippen molar-refractivity contribution in [3.05, 3.63) is 65.4 Å². The normalized spacial score (nSPS) is 16.5. The molecule has 0 unspecified atom stereocenters. The molecule has 0 aliphatic carbocycles. The minimum absolute atomic E-state index is 0.0230. The molecule has 0 saturated heterocycles. The van der Waals surface area contributed by atoms with E-state index in [0.717, 1.165) is 34.3 Å². The highest BCUT2D eigenvalue weighted by molar-refractivity contribution is 8.00. The smallest absolute Gasteiger partial charge is 0.251 e. The summed E-state index contributed by atoms with van der Waals surface area (Å²) >= 11 is 1.86. The Kier molecular flexibility index (Phi) is 9.55. The number of aliphatic hydroxyl groups excluding tert-OH is 1. The number of carbonyl (C=O) groups is 1. The number of aromatic nitrogens is 1. The zero-order chi connectivity index (χ0) is 29.1. The number of aliphatic hydroxyl groups is 1. The minimum atomic E-state index is -3.50. The number of rotatable bonds is 11. The molecule has 2 aromatic carbocycles. The SMILES string of the molecule is CCn1cc2c3c(cc(C(=O)N[C@@H](Cc4ccccc4)[C@H](O)CNCCSC(C)(C)C)cc31)N(C)S(=O)(=O)CC2. The van der Waals surface area contributed by atoms with Gasteiger partial charge in [-0.1, -0.05) is 51.1 Å². The lowest BCUT2D eigenvalue weighted by atomic mass is 10.00. The summed E-state index contributed by atoms with van der Waals surface area (Å²) in [6.45, 7) is 10.4. The van der Waals surface area contributed by atoms with Gasteiger partial charge in [0.05, 0.1) is 29.1 Å². The number of nitrogens with one attached hydrogen (secondary N) is 2. The molecule has 1 aliphatic heterocycles. The number of carbonyl (C=O) groups excluding carboxylic acids is 1. The van der Waals surface area contributed by atoms with Gasteiger partial charge in [-0.3, -0.25) is 9.10 Å². The van der Waals surface area contributed by atoms with Crippen LogP contribution in [0.3, 0.4) is 0 Å². The molecule has 2 heterocycles. The average molecular weight is 587 g/mol. The van der Waals surface area contributed by atoms with Gasteiger partial charge in [-0.25, -0.2) is 8.42 Å². The highest BCUT2D eigenvalue weighted by Crippen LogP contribution is 2.37. The third-order valence-corrected chi connectivity index (χ3v) is 10.3. The van der Waals surface area contributed by atoms with E-state index in [4.69, 9.17) is 0 Å². The van der Waals surface area contributed by atoms with Crippen LogP contribution in [0.15, 0.2) is 48.7 Å². The van der Waals surface area contributed by atoms with Crippen molar-refractivity contribution in [1.82, 2.24) is 15.2 Å². The summed E-state index contributed by atoms with van der Waals surface area (Å²) < 4.78 is 29.3. The highest BCUT2D eigenvalue weighted by Gasteiger charge is 2.29. The Morgan fingerprint density at radius 1 is 1.18 bits per heavy atom. The number of sulfonamides is 1. The van der Waals surface area contributed by atoms with Gasteiger partial charge >= 0.3 is 0 Å². The van der Waals surface area contributed by atoms with Crippen molar-refractivity contribution in [1.29, 1.82) is 0 Å². The molecule has 3 N–H and O–H groups in total. The molecule has 0 spiro atoms. The largest absolute Gasteiger partial charge is 0.390 e. The first-order chi connectivity index (χ1) is 18.9. The van der Waals surface area contributed by atoms with Crippen LogP contribution in [0.4, 0.5) is 5.69 Å². The van der Waals surface area contributed by atoms with Crippen molar-refractivity contribution in [3.8, 4) is 0 Å². The first kappa shape index (κ1) is 30.4. The zero-order valence-corrected chi connectivity index (χ0v) is 25.7. The predicted molar refractivity (Wildman–Crippen MR) is 166 cm³/mol. The average Bonchev–Trinajstić information content (AvgIpc) is 3.23. The fourth-order valence-electron chi connectivity index (χ4n) is 5.07. The Hall–Kier alpha value is -2.53. The third-order valence-electron chi connectivity index (χ3n) is 7.27. The van der Waals surface area contributed by atoms with Crippen LogP contribution in [-0.2, 0) is 29.4 Å². The summed E-state index contributed by atoms with van der Waals surface area (Å²) in [6, 6.07) is 12.7. The van der Waals surface area contributed by atoms with Crippen molar-refractivity contribution >= 4 is 44.3 Å². The number of anilines is 1. The second kappa shape index (κ2) is 12.5. The Morgan fingerprint density at radius 3 is 2.58 bits per heavy atom. The van der Waals surface area contributed by atoms with Crippen LogP contribution >= 0.6 is 11.8 Å². The molecule has 3 aromatic rings. The summed E-state index contributed by atoms with van der Waals surface area (Å²) in [5.41, 5.74) is 3.70. The molecule has 0 radical (unpaired) electrons. The molecule has 1 aromatic heterocycles. The van der Waals surface area contributed by atoms with Crippen LogP contribution in [0.2, 0.25) is 0 Å². The number of hydrogen-bond acceptors (Lipinski definition) is 6. The second-order valence-electron chi connectivity index (χ2n) is 11.4. The third kappa shape index (κ3) is 7.21. The van der Waals surface area contributed by atoms with Crippen LogP contribution in [-0.4, -0.2) is 72.5 Å². The van der Waals surface area contributed by atoms with Gasteiger partial charge < -0.3 is 20.3 Å². The summed E-state index contributed by atoms with van der Waals surface area (Å²) in [7, 11) is -1.95. The number of amides is 1. The summed E-state index contributed by atoms with van der Waals surface area (Å²) in [4.78, 5) is 13.7. The van der Waals surface area contributed by atoms with E-state index in [1.807, 2.05) is 61.3 Å². The van der Waals surface area contributed by atoms with Gasteiger partial charge in [0.15, 0.2) is 0 Å². The number of nitrogens with zero attached hydrogens (tertiary/aromatic N) is 2. The molecular formula is C30H42N4O4S2. The van der Waals surface area contributed by atoms with E-state index in [1.165, 1.54) is 4.31 Å². The summed E-state index contributed by atoms with van der Waals surface area (Å²) in [6.07, 6.45) is 2.07. The second-order valence-corrected chi connectivity index (χ2v) is 15.4. The molecule has 4 rings (SSSR count). The minimum Gasteiger partial charge on any atom is -0.390 e. The molecule has 0 fully saturated rings. The van der Waals surface area contributed by atoms with Crippen LogP contribution < -0.4 is 14.9 Å². The first-order valence-corrected chi connectivity index (χ1v) is 16.5. The van der Waals surface area contributed by atoms with Crippen molar-refractivity contribution < 1.29 is 18.3 Å². The van der Waals surface area contributed by atoms with Crippen molar-refractivity contribution in [2.45, 2.75) is 64.0 Å². The summed E-state index contributed by atoms with van der Waals surface area (Å²) in [5.74, 6) is 0.598. The molecule has 1 aliphatic rings. The van der Waals surface area contributed by atoms with E-state index in [1.54, 1.807) is 13.1 Å². The number of aryl methyl sites for hydroxylation is 2. The fraction of sp³-hybridized carbons (Fsp3) is 0.500. The first-order valence-electron chi connectivity index (χ1n) is 13.9. The molecule has 0 saturated carbocycles. The van der Waals surface area contributed by atoms with Gasteiger partial charge in [0, 0.05) is 54.3 Å². The Morgan fingerprint density at radius 2 is 1.90 bits per heavy atom. The molecular weight excluding hydrogens is 544 g/mol. The molecule has 40 heavy (non-hydrogen) atoms. The number of hydrogen-bond donors (Lipinski definition) is 3. The molecule has 2 atom stereocenters. The van der Waals surface area contributed by atoms with E-state index in [9.17, 15) is 18.3 Å². The van der Waals surface area contributed by atoms with Crippen molar-refractivity contribution in [2.75, 3.05) is 35.9 Å². The Labute approximate surface area is 242 Å². The quantitative estimate of drug-likeness (QED) is 0.295. The van der Waals surface area contributed by atoms with Crippen LogP contribution in [0.25, 0.3) is 10.9 Å². The standard InChI is InChI=1S/C30H42N4O4S2/c1-6-34-20-22-12-15-40(37,38)33(5)25-17-23(18-26(34)28(22)25)29(36)32-24(16-21-10-8-7-9-11-21)27(35)19-31-13-14-39-30(2,3)4/h7-11,17-18,20,24,27,31,35H,6,12-16,19H2,1-5H3,(H,32,36)/t24-,27+/m0/s1. The molecule has 0 bridgehead atoms. The predicted octanol–water partition coefficient (Wildman–Crippen LogP) is 3.81. The van der Waals surface area contributed by atoms with Gasteiger partial charge in [-0.15, -0.1) is 0 Å². The van der Waals surface area contributed by atoms with Gasteiger partial charge in [0.1, 0.15) is 0 Å². The number of benzene rings is 2.